The summed E-state index contributed by atoms with van der Waals surface area (Å²) in [5.74, 6) is 0.0802. The van der Waals surface area contributed by atoms with Crippen molar-refractivity contribution in [2.45, 2.75) is 32.9 Å². The minimum absolute atomic E-state index is 0.0862. The van der Waals surface area contributed by atoms with Gasteiger partial charge in [-0.15, -0.1) is 0 Å². The van der Waals surface area contributed by atoms with Gasteiger partial charge in [-0.1, -0.05) is 0 Å². The Kier molecular flexibility index (Phi) is 4.97. The lowest BCUT2D eigenvalue weighted by atomic mass is 10.1. The average Bonchev–Trinajstić information content (AvgIpc) is 2.28. The molecule has 0 aliphatic heterocycles. The molecule has 1 atom stereocenters. The monoisotopic (exact) mass is 252 g/mol. The highest BCUT2D eigenvalue weighted by atomic mass is 16.3. The van der Waals surface area contributed by atoms with Gasteiger partial charge in [-0.2, -0.15) is 0 Å². The predicted molar refractivity (Wildman–Crippen MR) is 69.5 cm³/mol. The maximum Gasteiger partial charge on any atom is 0.234 e. The van der Waals surface area contributed by atoms with E-state index in [0.29, 0.717) is 5.56 Å². The van der Waals surface area contributed by atoms with Crippen LogP contribution in [-0.2, 0) is 4.79 Å². The van der Waals surface area contributed by atoms with E-state index in [4.69, 9.17) is 0 Å². The quantitative estimate of drug-likeness (QED) is 0.595. The molecule has 1 aromatic carbocycles. The lowest BCUT2D eigenvalue weighted by Crippen LogP contribution is -2.38. The molecule has 0 aromatic heterocycles. The maximum atomic E-state index is 11.5. The van der Waals surface area contributed by atoms with Gasteiger partial charge in [0.05, 0.1) is 6.54 Å². The summed E-state index contributed by atoms with van der Waals surface area (Å²) in [5.41, 5.74) is 0.562. The number of benzene rings is 1. The summed E-state index contributed by atoms with van der Waals surface area (Å²) in [4.78, 5) is 11.5. The fourth-order valence-corrected chi connectivity index (χ4v) is 1.62. The van der Waals surface area contributed by atoms with Gasteiger partial charge in [0.15, 0.2) is 0 Å². The highest BCUT2D eigenvalue weighted by molar-refractivity contribution is 5.78. The summed E-state index contributed by atoms with van der Waals surface area (Å²) in [6, 6.07) is 4.19. The van der Waals surface area contributed by atoms with E-state index in [0.717, 1.165) is 0 Å². The van der Waals surface area contributed by atoms with Gasteiger partial charge in [-0.25, -0.2) is 0 Å². The predicted octanol–water partition coefficient (Wildman–Crippen LogP) is 1.27. The third kappa shape index (κ3) is 4.25. The molecule has 0 saturated heterocycles. The highest BCUT2D eigenvalue weighted by Gasteiger charge is 2.12. The van der Waals surface area contributed by atoms with E-state index in [1.807, 2.05) is 20.8 Å². The van der Waals surface area contributed by atoms with Crippen molar-refractivity contribution < 1.29 is 15.0 Å². The van der Waals surface area contributed by atoms with Crippen molar-refractivity contribution in [3.8, 4) is 11.5 Å². The van der Waals surface area contributed by atoms with Crippen molar-refractivity contribution in [3.05, 3.63) is 23.8 Å². The molecule has 0 heterocycles. The maximum absolute atomic E-state index is 11.5. The van der Waals surface area contributed by atoms with Crippen LogP contribution in [0.4, 0.5) is 0 Å². The molecule has 1 rings (SSSR count). The Hall–Kier alpha value is -1.75. The van der Waals surface area contributed by atoms with Crippen molar-refractivity contribution in [2.75, 3.05) is 6.54 Å². The summed E-state index contributed by atoms with van der Waals surface area (Å²) < 4.78 is 0. The van der Waals surface area contributed by atoms with Gasteiger partial charge in [0.2, 0.25) is 5.91 Å². The van der Waals surface area contributed by atoms with Crippen LogP contribution in [0.3, 0.4) is 0 Å². The van der Waals surface area contributed by atoms with Crippen molar-refractivity contribution >= 4 is 5.91 Å². The van der Waals surface area contributed by atoms with Crippen LogP contribution in [0.15, 0.2) is 18.2 Å². The fourth-order valence-electron chi connectivity index (χ4n) is 1.62. The molecule has 1 amide bonds. The minimum atomic E-state index is -0.227. The van der Waals surface area contributed by atoms with Crippen molar-refractivity contribution in [1.82, 2.24) is 10.6 Å². The number of hydrogen-bond acceptors (Lipinski definition) is 4. The molecule has 0 fully saturated rings. The van der Waals surface area contributed by atoms with Crippen LogP contribution in [0.5, 0.6) is 11.5 Å². The van der Waals surface area contributed by atoms with Gasteiger partial charge >= 0.3 is 0 Å². The van der Waals surface area contributed by atoms with Crippen LogP contribution in [0.1, 0.15) is 32.4 Å². The highest BCUT2D eigenvalue weighted by Crippen LogP contribution is 2.27. The molecule has 0 radical (unpaired) electrons. The second kappa shape index (κ2) is 6.26. The molecule has 18 heavy (non-hydrogen) atoms. The molecule has 4 N–H and O–H groups in total. The molecular weight excluding hydrogens is 232 g/mol. The largest absolute Gasteiger partial charge is 0.508 e. The van der Waals surface area contributed by atoms with Crippen LogP contribution in [0, 0.1) is 0 Å². The van der Waals surface area contributed by atoms with Crippen LogP contribution < -0.4 is 10.6 Å². The zero-order valence-electron chi connectivity index (χ0n) is 10.9. The first-order valence-electron chi connectivity index (χ1n) is 5.94. The van der Waals surface area contributed by atoms with E-state index >= 15 is 0 Å². The van der Waals surface area contributed by atoms with Gasteiger partial charge in [0, 0.05) is 17.6 Å². The zero-order chi connectivity index (χ0) is 13.7. The normalized spacial score (nSPS) is 12.4. The van der Waals surface area contributed by atoms with Crippen LogP contribution >= 0.6 is 0 Å². The lowest BCUT2D eigenvalue weighted by molar-refractivity contribution is -0.120. The third-order valence-corrected chi connectivity index (χ3v) is 2.50. The van der Waals surface area contributed by atoms with E-state index in [9.17, 15) is 15.0 Å². The molecule has 1 unspecified atom stereocenters. The number of rotatable bonds is 5. The molecular formula is C13H20N2O3. The number of phenolic OH excluding ortho intramolecular Hbond substituents is 2. The smallest absolute Gasteiger partial charge is 0.234 e. The molecule has 100 valence electrons. The topological polar surface area (TPSA) is 81.6 Å². The molecule has 0 aliphatic rings. The first-order valence-corrected chi connectivity index (χ1v) is 5.94. The Balaban J connectivity index is 2.57. The number of amides is 1. The number of nitrogens with one attached hydrogen (secondary N) is 2. The summed E-state index contributed by atoms with van der Waals surface area (Å²) in [5, 5.41) is 24.8. The fraction of sp³-hybridized carbons (Fsp3) is 0.462. The number of carbonyl (C=O) groups is 1. The second-order valence-electron chi connectivity index (χ2n) is 4.57. The lowest BCUT2D eigenvalue weighted by Gasteiger charge is -2.16. The van der Waals surface area contributed by atoms with Crippen LogP contribution in [0.25, 0.3) is 0 Å². The van der Waals surface area contributed by atoms with Crippen molar-refractivity contribution in [2.24, 2.45) is 0 Å². The number of carbonyl (C=O) groups excluding carboxylic acids is 1. The Morgan fingerprint density at radius 2 is 1.94 bits per heavy atom. The first-order chi connectivity index (χ1) is 8.40. The standard InChI is InChI=1S/C13H20N2O3/c1-8(2)15-13(18)7-14-9(3)11-6-10(16)4-5-12(11)17/h4-6,8-9,14,16-17H,7H2,1-3H3,(H,15,18). The van der Waals surface area contributed by atoms with E-state index in [-0.39, 0.29) is 36.0 Å². The number of hydrogen-bond donors (Lipinski definition) is 4. The molecule has 5 heteroatoms. The molecule has 0 saturated carbocycles. The number of phenols is 2. The van der Waals surface area contributed by atoms with Crippen LogP contribution in [0.2, 0.25) is 0 Å². The summed E-state index contributed by atoms with van der Waals surface area (Å²) >= 11 is 0. The summed E-state index contributed by atoms with van der Waals surface area (Å²) in [6.45, 7) is 5.76. The van der Waals surface area contributed by atoms with E-state index in [1.54, 1.807) is 0 Å². The first kappa shape index (κ1) is 14.3. The number of aromatic hydroxyl groups is 2. The third-order valence-electron chi connectivity index (χ3n) is 2.50. The Labute approximate surface area is 107 Å². The molecule has 0 aliphatic carbocycles. The van der Waals surface area contributed by atoms with Gasteiger partial charge in [-0.05, 0) is 39.0 Å². The van der Waals surface area contributed by atoms with E-state index in [2.05, 4.69) is 10.6 Å². The summed E-state index contributed by atoms with van der Waals surface area (Å²) in [6.07, 6.45) is 0. The van der Waals surface area contributed by atoms with E-state index in [1.165, 1.54) is 18.2 Å². The van der Waals surface area contributed by atoms with Crippen molar-refractivity contribution in [1.29, 1.82) is 0 Å². The summed E-state index contributed by atoms with van der Waals surface area (Å²) in [7, 11) is 0. The molecule has 1 aromatic rings. The zero-order valence-corrected chi connectivity index (χ0v) is 10.9. The molecule has 5 nitrogen and oxygen atoms in total. The minimum Gasteiger partial charge on any atom is -0.508 e. The average molecular weight is 252 g/mol. The molecule has 0 bridgehead atoms. The van der Waals surface area contributed by atoms with Crippen LogP contribution in [-0.4, -0.2) is 28.7 Å². The van der Waals surface area contributed by atoms with Gasteiger partial charge in [0.1, 0.15) is 11.5 Å². The molecule has 0 spiro atoms. The van der Waals surface area contributed by atoms with Gasteiger partial charge in [0.25, 0.3) is 0 Å². The Morgan fingerprint density at radius 3 is 2.56 bits per heavy atom. The SMILES string of the molecule is CC(C)NC(=O)CNC(C)c1cc(O)ccc1O. The van der Waals surface area contributed by atoms with E-state index < -0.39 is 0 Å². The van der Waals surface area contributed by atoms with Crippen molar-refractivity contribution in [3.63, 3.8) is 0 Å². The Morgan fingerprint density at radius 1 is 1.28 bits per heavy atom. The van der Waals surface area contributed by atoms with Gasteiger partial charge < -0.3 is 20.8 Å². The Bertz CT molecular complexity index is 419. The van der Waals surface area contributed by atoms with Gasteiger partial charge in [-0.3, -0.25) is 4.79 Å². The second-order valence-corrected chi connectivity index (χ2v) is 4.57.